The number of hydrogen-bond donors (Lipinski definition) is 2. The third-order valence-electron chi connectivity index (χ3n) is 5.02. The molecule has 0 radical (unpaired) electrons. The van der Waals surface area contributed by atoms with Gasteiger partial charge in [0.05, 0.1) is 11.3 Å². The molecule has 3 rings (SSSR count). The monoisotopic (exact) mass is 473 g/mol. The molecule has 1 aromatic carbocycles. The Morgan fingerprint density at radius 3 is 2.48 bits per heavy atom. The number of rotatable bonds is 8. The summed E-state index contributed by atoms with van der Waals surface area (Å²) in [4.78, 5) is 18.5. The highest BCUT2D eigenvalue weighted by Crippen LogP contribution is 2.30. The van der Waals surface area contributed by atoms with Crippen molar-refractivity contribution in [2.24, 2.45) is 0 Å². The smallest absolute Gasteiger partial charge is 0.215 e. The van der Waals surface area contributed by atoms with Gasteiger partial charge in [-0.3, -0.25) is 4.79 Å². The summed E-state index contributed by atoms with van der Waals surface area (Å²) < 4.78 is 54.2. The fourth-order valence-electron chi connectivity index (χ4n) is 3.26. The molecule has 1 saturated heterocycles. The number of carbonyl (C=O) groups is 1. The number of sulfonamides is 1. The number of hydrogen-bond acceptors (Lipinski definition) is 8. The van der Waals surface area contributed by atoms with Crippen molar-refractivity contribution in [3.05, 3.63) is 40.3 Å². The average molecular weight is 474 g/mol. The predicted molar refractivity (Wildman–Crippen MR) is 117 cm³/mol. The van der Waals surface area contributed by atoms with E-state index in [-0.39, 0.29) is 22.5 Å². The van der Waals surface area contributed by atoms with Gasteiger partial charge in [0.25, 0.3) is 0 Å². The molecular weight excluding hydrogens is 448 g/mol. The summed E-state index contributed by atoms with van der Waals surface area (Å²) in [5.74, 6) is -2.83. The van der Waals surface area contributed by atoms with Crippen molar-refractivity contribution < 1.29 is 22.0 Å². The SMILES string of the molecule is CN(C)CCS(=O)(=O)N1CCC(Nc2nc(N)c(C(=O)c3c(F)cccc3F)s2)CC1. The number of piperidine rings is 1. The van der Waals surface area contributed by atoms with Crippen molar-refractivity contribution in [3.8, 4) is 0 Å². The Kier molecular flexibility index (Phi) is 7.24. The molecule has 0 unspecified atom stereocenters. The molecule has 0 amide bonds. The Morgan fingerprint density at radius 1 is 1.29 bits per heavy atom. The van der Waals surface area contributed by atoms with Gasteiger partial charge in [-0.15, -0.1) is 0 Å². The lowest BCUT2D eigenvalue weighted by Gasteiger charge is -2.31. The van der Waals surface area contributed by atoms with E-state index in [1.165, 1.54) is 10.4 Å². The quantitative estimate of drug-likeness (QED) is 0.565. The first-order valence-corrected chi connectivity index (χ1v) is 12.1. The minimum Gasteiger partial charge on any atom is -0.382 e. The van der Waals surface area contributed by atoms with Gasteiger partial charge in [-0.05, 0) is 39.1 Å². The molecule has 2 aromatic rings. The van der Waals surface area contributed by atoms with Gasteiger partial charge in [-0.2, -0.15) is 0 Å². The number of benzene rings is 1. The van der Waals surface area contributed by atoms with Crippen LogP contribution in [0.15, 0.2) is 18.2 Å². The lowest BCUT2D eigenvalue weighted by Crippen LogP contribution is -2.44. The second kappa shape index (κ2) is 9.55. The van der Waals surface area contributed by atoms with Crippen LogP contribution >= 0.6 is 11.3 Å². The van der Waals surface area contributed by atoms with Crippen molar-refractivity contribution in [2.45, 2.75) is 18.9 Å². The number of nitrogen functional groups attached to an aromatic ring is 1. The van der Waals surface area contributed by atoms with E-state index in [2.05, 4.69) is 10.3 Å². The molecule has 1 fully saturated rings. The van der Waals surface area contributed by atoms with Gasteiger partial charge in [0.2, 0.25) is 15.8 Å². The van der Waals surface area contributed by atoms with E-state index >= 15 is 0 Å². The van der Waals surface area contributed by atoms with E-state index in [0.29, 0.717) is 37.6 Å². The third kappa shape index (κ3) is 5.56. The zero-order valence-corrected chi connectivity index (χ0v) is 18.9. The van der Waals surface area contributed by atoms with Gasteiger partial charge in [-0.25, -0.2) is 26.5 Å². The molecule has 1 aliphatic rings. The Bertz CT molecular complexity index is 1030. The number of carbonyl (C=O) groups excluding carboxylic acids is 1. The van der Waals surface area contributed by atoms with Crippen LogP contribution in [0.3, 0.4) is 0 Å². The molecule has 0 bridgehead atoms. The summed E-state index contributed by atoms with van der Waals surface area (Å²) in [6.45, 7) is 1.21. The second-order valence-electron chi connectivity index (χ2n) is 7.60. The second-order valence-corrected chi connectivity index (χ2v) is 10.7. The van der Waals surface area contributed by atoms with Crippen molar-refractivity contribution in [2.75, 3.05) is 50.5 Å². The molecule has 1 aliphatic heterocycles. The molecule has 3 N–H and O–H groups in total. The number of nitrogens with zero attached hydrogens (tertiary/aromatic N) is 3. The largest absolute Gasteiger partial charge is 0.382 e. The topological polar surface area (TPSA) is 109 Å². The first-order chi connectivity index (χ1) is 14.6. The molecule has 0 spiro atoms. The van der Waals surface area contributed by atoms with E-state index in [9.17, 15) is 22.0 Å². The minimum atomic E-state index is -3.31. The number of halogens is 2. The number of aromatic nitrogens is 1. The molecule has 2 heterocycles. The normalized spacial score (nSPS) is 16.0. The lowest BCUT2D eigenvalue weighted by molar-refractivity contribution is 0.103. The van der Waals surface area contributed by atoms with Crippen LogP contribution in [0, 0.1) is 11.6 Å². The zero-order valence-electron chi connectivity index (χ0n) is 17.3. The maximum atomic E-state index is 13.9. The van der Waals surface area contributed by atoms with Crippen molar-refractivity contribution >= 4 is 38.1 Å². The summed E-state index contributed by atoms with van der Waals surface area (Å²) >= 11 is 0.924. The average Bonchev–Trinajstić information content (AvgIpc) is 3.06. The predicted octanol–water partition coefficient (Wildman–Crippen LogP) is 2.00. The first-order valence-electron chi connectivity index (χ1n) is 9.72. The summed E-state index contributed by atoms with van der Waals surface area (Å²) in [5, 5.41) is 3.51. The lowest BCUT2D eigenvalue weighted by atomic mass is 10.1. The number of nitrogens with one attached hydrogen (secondary N) is 1. The van der Waals surface area contributed by atoms with Crippen LogP contribution in [0.5, 0.6) is 0 Å². The Labute approximate surface area is 184 Å². The Morgan fingerprint density at radius 2 is 1.90 bits per heavy atom. The van der Waals surface area contributed by atoms with Gasteiger partial charge in [0.15, 0.2) is 5.13 Å². The summed E-state index contributed by atoms with van der Waals surface area (Å²) in [7, 11) is 0.337. The first kappa shape index (κ1) is 23.5. The van der Waals surface area contributed by atoms with Crippen LogP contribution < -0.4 is 11.1 Å². The maximum Gasteiger partial charge on any atom is 0.215 e. The fraction of sp³-hybridized carbons (Fsp3) is 0.474. The summed E-state index contributed by atoms with van der Waals surface area (Å²) in [6, 6.07) is 3.14. The molecule has 31 heavy (non-hydrogen) atoms. The van der Waals surface area contributed by atoms with Gasteiger partial charge in [0.1, 0.15) is 22.3 Å². The highest BCUT2D eigenvalue weighted by atomic mass is 32.2. The van der Waals surface area contributed by atoms with Crippen molar-refractivity contribution in [1.82, 2.24) is 14.2 Å². The fourth-order valence-corrected chi connectivity index (χ4v) is 5.79. The summed E-state index contributed by atoms with van der Waals surface area (Å²) in [5.41, 5.74) is 5.16. The van der Waals surface area contributed by atoms with Crippen LogP contribution in [0.1, 0.15) is 28.1 Å². The molecule has 0 aliphatic carbocycles. The van der Waals surface area contributed by atoms with Crippen LogP contribution in [0.2, 0.25) is 0 Å². The third-order valence-corrected chi connectivity index (χ3v) is 7.87. The molecule has 0 saturated carbocycles. The van der Waals surface area contributed by atoms with Crippen molar-refractivity contribution in [1.29, 1.82) is 0 Å². The minimum absolute atomic E-state index is 0.0461. The molecule has 0 atom stereocenters. The van der Waals surface area contributed by atoms with E-state index in [1.807, 2.05) is 19.0 Å². The maximum absolute atomic E-state index is 13.9. The van der Waals surface area contributed by atoms with Crippen LogP contribution in [-0.4, -0.2) is 73.9 Å². The zero-order chi connectivity index (χ0) is 22.8. The number of anilines is 2. The van der Waals surface area contributed by atoms with Gasteiger partial charge < -0.3 is 16.0 Å². The molecule has 12 heteroatoms. The number of nitrogens with two attached hydrogens (primary N) is 1. The highest BCUT2D eigenvalue weighted by Gasteiger charge is 2.29. The Hall–Kier alpha value is -2.15. The number of ketones is 1. The van der Waals surface area contributed by atoms with Gasteiger partial charge in [0, 0.05) is 25.7 Å². The standard InChI is InChI=1S/C19H25F2N5O3S2/c1-25(2)10-11-31(28,29)26-8-6-12(7-9-26)23-19-24-18(22)17(30-19)16(27)15-13(20)4-3-5-14(15)21/h3-5,12H,6-11,22H2,1-2H3,(H,23,24). The van der Waals surface area contributed by atoms with E-state index in [1.54, 1.807) is 0 Å². The Balaban J connectivity index is 1.63. The van der Waals surface area contributed by atoms with Gasteiger partial charge >= 0.3 is 0 Å². The number of thiazole rings is 1. The molecule has 170 valence electrons. The van der Waals surface area contributed by atoms with E-state index in [0.717, 1.165) is 23.5 Å². The van der Waals surface area contributed by atoms with Crippen LogP contribution in [0.4, 0.5) is 19.7 Å². The van der Waals surface area contributed by atoms with E-state index < -0.39 is 33.0 Å². The van der Waals surface area contributed by atoms with Crippen LogP contribution in [0.25, 0.3) is 0 Å². The summed E-state index contributed by atoms with van der Waals surface area (Å²) in [6.07, 6.45) is 1.12. The van der Waals surface area contributed by atoms with Gasteiger partial charge in [-0.1, -0.05) is 17.4 Å². The highest BCUT2D eigenvalue weighted by molar-refractivity contribution is 7.89. The molecule has 1 aromatic heterocycles. The molecule has 8 nitrogen and oxygen atoms in total. The molecular formula is C19H25F2N5O3S2. The van der Waals surface area contributed by atoms with Crippen LogP contribution in [-0.2, 0) is 10.0 Å². The van der Waals surface area contributed by atoms with E-state index in [4.69, 9.17) is 5.73 Å². The van der Waals surface area contributed by atoms with Crippen molar-refractivity contribution in [3.63, 3.8) is 0 Å².